The predicted octanol–water partition coefficient (Wildman–Crippen LogP) is 1.92. The lowest BCUT2D eigenvalue weighted by Gasteiger charge is -2.14. The first-order valence-electron chi connectivity index (χ1n) is 7.05. The highest BCUT2D eigenvalue weighted by Crippen LogP contribution is 2.23. The zero-order chi connectivity index (χ0) is 17.9. The minimum absolute atomic E-state index is 0.198. The molecule has 0 saturated heterocycles. The molecule has 0 fully saturated rings. The van der Waals surface area contributed by atoms with E-state index in [2.05, 4.69) is 5.32 Å². The molecule has 1 aromatic carbocycles. The average molecular weight is 347 g/mol. The number of hydrogen-bond donors (Lipinski definition) is 3. The number of carbonyl (C=O) groups is 3. The lowest BCUT2D eigenvalue weighted by molar-refractivity contribution is -0.123. The third kappa shape index (κ3) is 3.72. The molecule has 0 saturated carbocycles. The molecule has 0 aliphatic rings. The molecule has 2 amide bonds. The molecule has 24 heavy (non-hydrogen) atoms. The Morgan fingerprint density at radius 1 is 1.21 bits per heavy atom. The minimum Gasteiger partial charge on any atom is -0.449 e. The summed E-state index contributed by atoms with van der Waals surface area (Å²) in [4.78, 5) is 35.5. The normalized spacial score (nSPS) is 11.6. The van der Waals surface area contributed by atoms with E-state index < -0.39 is 23.9 Å². The standard InChI is InChI=1S/C16H17N3O4S/c1-8-4-3-5-10(12(8)17)16(22)23-9(2)14(21)19-15-11(13(18)20)6-7-24-15/h3-7,9H,17H2,1-2H3,(H2,18,20)(H,19,21)/t9-/m1/s1. The molecule has 7 nitrogen and oxygen atoms in total. The van der Waals surface area contributed by atoms with Crippen LogP contribution in [0.25, 0.3) is 0 Å². The molecule has 2 aromatic rings. The van der Waals surface area contributed by atoms with Crippen molar-refractivity contribution in [2.75, 3.05) is 11.1 Å². The van der Waals surface area contributed by atoms with Crippen molar-refractivity contribution >= 4 is 39.8 Å². The highest BCUT2D eigenvalue weighted by molar-refractivity contribution is 7.14. The SMILES string of the molecule is Cc1cccc(C(=O)O[C@H](C)C(=O)Nc2sccc2C(N)=O)c1N. The fourth-order valence-electron chi connectivity index (χ4n) is 1.95. The number of nitrogen functional groups attached to an aromatic ring is 1. The van der Waals surface area contributed by atoms with Crippen LogP contribution in [0.1, 0.15) is 33.2 Å². The van der Waals surface area contributed by atoms with Crippen LogP contribution in [0.5, 0.6) is 0 Å². The van der Waals surface area contributed by atoms with E-state index >= 15 is 0 Å². The number of nitrogens with two attached hydrogens (primary N) is 2. The van der Waals surface area contributed by atoms with Gasteiger partial charge in [0, 0.05) is 5.69 Å². The van der Waals surface area contributed by atoms with E-state index in [0.717, 1.165) is 16.9 Å². The molecule has 0 aliphatic heterocycles. The van der Waals surface area contributed by atoms with E-state index in [4.69, 9.17) is 16.2 Å². The maximum absolute atomic E-state index is 12.2. The molecule has 1 atom stereocenters. The second-order valence-corrected chi connectivity index (χ2v) is 6.02. The lowest BCUT2D eigenvalue weighted by Crippen LogP contribution is -2.30. The van der Waals surface area contributed by atoms with Gasteiger partial charge in [-0.25, -0.2) is 4.79 Å². The number of esters is 1. The molecule has 0 unspecified atom stereocenters. The number of rotatable bonds is 5. The number of benzene rings is 1. The highest BCUT2D eigenvalue weighted by Gasteiger charge is 2.22. The highest BCUT2D eigenvalue weighted by atomic mass is 32.1. The summed E-state index contributed by atoms with van der Waals surface area (Å²) in [6.45, 7) is 3.20. The fraction of sp³-hybridized carbons (Fsp3) is 0.188. The fourth-order valence-corrected chi connectivity index (χ4v) is 2.75. The predicted molar refractivity (Wildman–Crippen MR) is 91.9 cm³/mol. The second kappa shape index (κ2) is 7.14. The summed E-state index contributed by atoms with van der Waals surface area (Å²) in [6.07, 6.45) is -1.07. The van der Waals surface area contributed by atoms with Crippen molar-refractivity contribution in [3.63, 3.8) is 0 Å². The number of nitrogens with one attached hydrogen (secondary N) is 1. The van der Waals surface area contributed by atoms with Crippen molar-refractivity contribution in [2.45, 2.75) is 20.0 Å². The van der Waals surface area contributed by atoms with Gasteiger partial charge in [-0.2, -0.15) is 0 Å². The van der Waals surface area contributed by atoms with Gasteiger partial charge in [0.1, 0.15) is 5.00 Å². The van der Waals surface area contributed by atoms with Gasteiger partial charge in [-0.1, -0.05) is 12.1 Å². The molecule has 5 N–H and O–H groups in total. The Kier molecular flexibility index (Phi) is 5.20. The summed E-state index contributed by atoms with van der Waals surface area (Å²) < 4.78 is 5.14. The van der Waals surface area contributed by atoms with Crippen molar-refractivity contribution in [3.8, 4) is 0 Å². The number of anilines is 2. The summed E-state index contributed by atoms with van der Waals surface area (Å²) in [5.74, 6) is -1.91. The van der Waals surface area contributed by atoms with E-state index in [1.807, 2.05) is 0 Å². The van der Waals surface area contributed by atoms with E-state index in [1.54, 1.807) is 24.4 Å². The van der Waals surface area contributed by atoms with Crippen LogP contribution >= 0.6 is 11.3 Å². The molecule has 0 aliphatic carbocycles. The maximum Gasteiger partial charge on any atom is 0.341 e. The summed E-state index contributed by atoms with van der Waals surface area (Å²) in [5.41, 5.74) is 12.5. The Hall–Kier alpha value is -2.87. The molecular weight excluding hydrogens is 330 g/mol. The molecule has 1 aromatic heterocycles. The first-order chi connectivity index (χ1) is 11.3. The van der Waals surface area contributed by atoms with Crippen molar-refractivity contribution < 1.29 is 19.1 Å². The largest absolute Gasteiger partial charge is 0.449 e. The number of thiophene rings is 1. The number of ether oxygens (including phenoxy) is 1. The Balaban J connectivity index is 2.06. The third-order valence-electron chi connectivity index (χ3n) is 3.36. The molecule has 1 heterocycles. The Morgan fingerprint density at radius 3 is 2.58 bits per heavy atom. The third-order valence-corrected chi connectivity index (χ3v) is 4.19. The van der Waals surface area contributed by atoms with Crippen LogP contribution in [0.2, 0.25) is 0 Å². The Labute approximate surface area is 142 Å². The van der Waals surface area contributed by atoms with Gasteiger partial charge in [0.2, 0.25) is 0 Å². The number of hydrogen-bond acceptors (Lipinski definition) is 6. The van der Waals surface area contributed by atoms with Crippen LogP contribution in [-0.4, -0.2) is 23.9 Å². The van der Waals surface area contributed by atoms with Gasteiger partial charge < -0.3 is 21.5 Å². The van der Waals surface area contributed by atoms with Crippen LogP contribution < -0.4 is 16.8 Å². The minimum atomic E-state index is -1.07. The molecule has 126 valence electrons. The van der Waals surface area contributed by atoms with Crippen molar-refractivity contribution in [2.24, 2.45) is 5.73 Å². The molecule has 2 rings (SSSR count). The molecule has 0 bridgehead atoms. The van der Waals surface area contributed by atoms with Gasteiger partial charge >= 0.3 is 5.97 Å². The topological polar surface area (TPSA) is 125 Å². The second-order valence-electron chi connectivity index (χ2n) is 5.10. The monoisotopic (exact) mass is 347 g/mol. The number of amides is 2. The van der Waals surface area contributed by atoms with E-state index in [0.29, 0.717) is 10.7 Å². The van der Waals surface area contributed by atoms with Crippen molar-refractivity contribution in [3.05, 3.63) is 46.3 Å². The van der Waals surface area contributed by atoms with Gasteiger partial charge in [-0.3, -0.25) is 9.59 Å². The van der Waals surface area contributed by atoms with Crippen LogP contribution in [-0.2, 0) is 9.53 Å². The van der Waals surface area contributed by atoms with Crippen LogP contribution in [0, 0.1) is 6.92 Å². The molecule has 0 spiro atoms. The van der Waals surface area contributed by atoms with Gasteiger partial charge in [-0.05, 0) is 36.9 Å². The first-order valence-corrected chi connectivity index (χ1v) is 7.93. The van der Waals surface area contributed by atoms with E-state index in [9.17, 15) is 14.4 Å². The first kappa shape index (κ1) is 17.5. The maximum atomic E-state index is 12.2. The Morgan fingerprint density at radius 2 is 1.92 bits per heavy atom. The van der Waals surface area contributed by atoms with Gasteiger partial charge in [0.15, 0.2) is 6.10 Å². The van der Waals surface area contributed by atoms with Crippen molar-refractivity contribution in [1.29, 1.82) is 0 Å². The quantitative estimate of drug-likeness (QED) is 0.563. The zero-order valence-corrected chi connectivity index (χ0v) is 14.0. The molecule has 8 heteroatoms. The van der Waals surface area contributed by atoms with Crippen molar-refractivity contribution in [1.82, 2.24) is 0 Å². The van der Waals surface area contributed by atoms with Gasteiger partial charge in [-0.15, -0.1) is 11.3 Å². The summed E-state index contributed by atoms with van der Waals surface area (Å²) in [5, 5.41) is 4.46. The molecular formula is C16H17N3O4S. The average Bonchev–Trinajstić information content (AvgIpc) is 2.98. The number of primary amides is 1. The number of aryl methyl sites for hydroxylation is 1. The molecule has 0 radical (unpaired) electrons. The van der Waals surface area contributed by atoms with Crippen LogP contribution in [0.3, 0.4) is 0 Å². The van der Waals surface area contributed by atoms with Gasteiger partial charge in [0.05, 0.1) is 11.1 Å². The van der Waals surface area contributed by atoms with E-state index in [-0.39, 0.29) is 11.1 Å². The smallest absolute Gasteiger partial charge is 0.341 e. The zero-order valence-electron chi connectivity index (χ0n) is 13.2. The Bertz CT molecular complexity index is 800. The lowest BCUT2D eigenvalue weighted by atomic mass is 10.1. The van der Waals surface area contributed by atoms with Crippen LogP contribution in [0.15, 0.2) is 29.6 Å². The number of carbonyl (C=O) groups excluding carboxylic acids is 3. The summed E-state index contributed by atoms with van der Waals surface area (Å²) in [7, 11) is 0. The number of para-hydroxylation sites is 1. The van der Waals surface area contributed by atoms with Gasteiger partial charge in [0.25, 0.3) is 11.8 Å². The summed E-state index contributed by atoms with van der Waals surface area (Å²) in [6, 6.07) is 6.48. The summed E-state index contributed by atoms with van der Waals surface area (Å²) >= 11 is 1.15. The van der Waals surface area contributed by atoms with E-state index in [1.165, 1.54) is 19.1 Å². The van der Waals surface area contributed by atoms with Crippen LogP contribution in [0.4, 0.5) is 10.7 Å².